The lowest BCUT2D eigenvalue weighted by Crippen LogP contribution is -2.07. The SMILES string of the molecule is Brc1cc(Br)cc(C2=NCCCC2)c1. The standard InChI is InChI=1S/C11H11Br2N/c12-9-5-8(6-10(13)7-9)11-3-1-2-4-14-11/h5-7H,1-4H2. The molecule has 0 aromatic heterocycles. The summed E-state index contributed by atoms with van der Waals surface area (Å²) in [6.07, 6.45) is 3.62. The van der Waals surface area contributed by atoms with Gasteiger partial charge in [-0.1, -0.05) is 31.9 Å². The Hall–Kier alpha value is -0.150. The van der Waals surface area contributed by atoms with Gasteiger partial charge in [-0.05, 0) is 43.0 Å². The van der Waals surface area contributed by atoms with Crippen LogP contribution in [0.2, 0.25) is 0 Å². The summed E-state index contributed by atoms with van der Waals surface area (Å²) in [5.74, 6) is 0. The summed E-state index contributed by atoms with van der Waals surface area (Å²) in [6.45, 7) is 0.986. The van der Waals surface area contributed by atoms with Crippen molar-refractivity contribution in [3.05, 3.63) is 32.7 Å². The van der Waals surface area contributed by atoms with Gasteiger partial charge < -0.3 is 0 Å². The topological polar surface area (TPSA) is 12.4 Å². The quantitative estimate of drug-likeness (QED) is 0.737. The highest BCUT2D eigenvalue weighted by atomic mass is 79.9. The Bertz CT molecular complexity index is 351. The molecule has 74 valence electrons. The molecule has 1 heterocycles. The molecular weight excluding hydrogens is 306 g/mol. The van der Waals surface area contributed by atoms with Crippen molar-refractivity contribution in [1.29, 1.82) is 0 Å². The largest absolute Gasteiger partial charge is 0.289 e. The first kappa shape index (κ1) is 10.4. The monoisotopic (exact) mass is 315 g/mol. The van der Waals surface area contributed by atoms with E-state index >= 15 is 0 Å². The highest BCUT2D eigenvalue weighted by Crippen LogP contribution is 2.23. The minimum absolute atomic E-state index is 0.986. The number of benzene rings is 1. The fraction of sp³-hybridized carbons (Fsp3) is 0.364. The van der Waals surface area contributed by atoms with E-state index < -0.39 is 0 Å². The van der Waals surface area contributed by atoms with E-state index in [0.717, 1.165) is 21.9 Å². The van der Waals surface area contributed by atoms with Crippen LogP contribution in [0.5, 0.6) is 0 Å². The molecule has 0 unspecified atom stereocenters. The van der Waals surface area contributed by atoms with Gasteiger partial charge in [0.05, 0.1) is 0 Å². The number of hydrogen-bond donors (Lipinski definition) is 0. The fourth-order valence-corrected chi connectivity index (χ4v) is 2.95. The maximum atomic E-state index is 4.56. The molecule has 1 aromatic rings. The molecule has 1 aliphatic rings. The maximum Gasteiger partial charge on any atom is 0.0421 e. The Kier molecular flexibility index (Phi) is 3.39. The van der Waals surface area contributed by atoms with E-state index in [0.29, 0.717) is 0 Å². The third-order valence-electron chi connectivity index (χ3n) is 2.32. The van der Waals surface area contributed by atoms with Crippen molar-refractivity contribution in [3.63, 3.8) is 0 Å². The zero-order chi connectivity index (χ0) is 9.97. The van der Waals surface area contributed by atoms with Crippen molar-refractivity contribution in [3.8, 4) is 0 Å². The van der Waals surface area contributed by atoms with Gasteiger partial charge in [-0.2, -0.15) is 0 Å². The van der Waals surface area contributed by atoms with E-state index in [1.54, 1.807) is 0 Å². The molecule has 0 amide bonds. The molecule has 0 aliphatic carbocycles. The molecule has 0 bridgehead atoms. The molecule has 3 heteroatoms. The van der Waals surface area contributed by atoms with E-state index in [9.17, 15) is 0 Å². The lowest BCUT2D eigenvalue weighted by atomic mass is 10.0. The molecule has 0 N–H and O–H groups in total. The van der Waals surface area contributed by atoms with Gasteiger partial charge in [0.2, 0.25) is 0 Å². The van der Waals surface area contributed by atoms with Gasteiger partial charge in [-0.3, -0.25) is 4.99 Å². The Balaban J connectivity index is 2.35. The van der Waals surface area contributed by atoms with Gasteiger partial charge in [0.25, 0.3) is 0 Å². The minimum atomic E-state index is 0.986. The Labute approximate surface area is 101 Å². The van der Waals surface area contributed by atoms with Gasteiger partial charge in [0, 0.05) is 21.2 Å². The number of rotatable bonds is 1. The lowest BCUT2D eigenvalue weighted by molar-refractivity contribution is 0.738. The summed E-state index contributed by atoms with van der Waals surface area (Å²) in [4.78, 5) is 4.56. The van der Waals surface area contributed by atoms with Crippen LogP contribution in [0.15, 0.2) is 32.1 Å². The summed E-state index contributed by atoms with van der Waals surface area (Å²) >= 11 is 6.99. The molecule has 0 saturated carbocycles. The Morgan fingerprint density at radius 3 is 2.29 bits per heavy atom. The predicted octanol–water partition coefficient (Wildman–Crippen LogP) is 4.18. The van der Waals surface area contributed by atoms with Crippen molar-refractivity contribution >= 4 is 37.6 Å². The van der Waals surface area contributed by atoms with Crippen LogP contribution >= 0.6 is 31.9 Å². The van der Waals surface area contributed by atoms with Crippen LogP contribution in [-0.2, 0) is 0 Å². The Morgan fingerprint density at radius 1 is 1.00 bits per heavy atom. The highest BCUT2D eigenvalue weighted by Gasteiger charge is 2.08. The van der Waals surface area contributed by atoms with E-state index in [-0.39, 0.29) is 0 Å². The van der Waals surface area contributed by atoms with Crippen LogP contribution in [0.25, 0.3) is 0 Å². The van der Waals surface area contributed by atoms with Crippen LogP contribution in [0.3, 0.4) is 0 Å². The first-order valence-electron chi connectivity index (χ1n) is 4.75. The first-order valence-corrected chi connectivity index (χ1v) is 6.34. The summed E-state index contributed by atoms with van der Waals surface area (Å²) in [5, 5.41) is 0. The number of nitrogens with zero attached hydrogens (tertiary/aromatic N) is 1. The second-order valence-electron chi connectivity index (χ2n) is 3.44. The molecular formula is C11H11Br2N. The molecule has 1 aliphatic heterocycles. The lowest BCUT2D eigenvalue weighted by Gasteiger charge is -2.12. The van der Waals surface area contributed by atoms with Gasteiger partial charge in [-0.15, -0.1) is 0 Å². The average Bonchev–Trinajstić information content (AvgIpc) is 2.18. The molecule has 2 rings (SSSR count). The van der Waals surface area contributed by atoms with Crippen molar-refractivity contribution in [2.75, 3.05) is 6.54 Å². The zero-order valence-electron chi connectivity index (χ0n) is 7.76. The normalized spacial score (nSPS) is 16.6. The van der Waals surface area contributed by atoms with Crippen molar-refractivity contribution in [1.82, 2.24) is 0 Å². The van der Waals surface area contributed by atoms with Gasteiger partial charge in [0.15, 0.2) is 0 Å². The molecule has 0 spiro atoms. The minimum Gasteiger partial charge on any atom is -0.289 e. The molecule has 1 nitrogen and oxygen atoms in total. The van der Waals surface area contributed by atoms with Crippen LogP contribution in [-0.4, -0.2) is 12.3 Å². The predicted molar refractivity (Wildman–Crippen MR) is 67.1 cm³/mol. The average molecular weight is 317 g/mol. The zero-order valence-corrected chi connectivity index (χ0v) is 10.9. The van der Waals surface area contributed by atoms with E-state index in [1.165, 1.54) is 24.1 Å². The van der Waals surface area contributed by atoms with Crippen LogP contribution in [0.4, 0.5) is 0 Å². The smallest absolute Gasteiger partial charge is 0.0421 e. The Morgan fingerprint density at radius 2 is 1.71 bits per heavy atom. The van der Waals surface area contributed by atoms with E-state index in [4.69, 9.17) is 0 Å². The highest BCUT2D eigenvalue weighted by molar-refractivity contribution is 9.11. The van der Waals surface area contributed by atoms with Crippen LogP contribution in [0.1, 0.15) is 24.8 Å². The number of aliphatic imine (C=N–C) groups is 1. The first-order chi connectivity index (χ1) is 6.75. The fourth-order valence-electron chi connectivity index (χ4n) is 1.65. The molecule has 0 atom stereocenters. The molecule has 1 aromatic carbocycles. The van der Waals surface area contributed by atoms with E-state index in [1.807, 2.05) is 6.07 Å². The molecule has 14 heavy (non-hydrogen) atoms. The van der Waals surface area contributed by atoms with Crippen molar-refractivity contribution < 1.29 is 0 Å². The maximum absolute atomic E-state index is 4.56. The second-order valence-corrected chi connectivity index (χ2v) is 5.27. The summed E-state index contributed by atoms with van der Waals surface area (Å²) < 4.78 is 2.21. The van der Waals surface area contributed by atoms with Crippen molar-refractivity contribution in [2.45, 2.75) is 19.3 Å². The van der Waals surface area contributed by atoms with Crippen LogP contribution < -0.4 is 0 Å². The van der Waals surface area contributed by atoms with Gasteiger partial charge in [-0.25, -0.2) is 0 Å². The number of hydrogen-bond acceptors (Lipinski definition) is 1. The van der Waals surface area contributed by atoms with Crippen LogP contribution in [0, 0.1) is 0 Å². The number of halogens is 2. The summed E-state index contributed by atoms with van der Waals surface area (Å²) in [5.41, 5.74) is 2.49. The second kappa shape index (κ2) is 4.58. The third-order valence-corrected chi connectivity index (χ3v) is 3.24. The third kappa shape index (κ3) is 2.45. The summed E-state index contributed by atoms with van der Waals surface area (Å²) in [6, 6.07) is 6.32. The van der Waals surface area contributed by atoms with Gasteiger partial charge >= 0.3 is 0 Å². The van der Waals surface area contributed by atoms with Gasteiger partial charge in [0.1, 0.15) is 0 Å². The summed E-state index contributed by atoms with van der Waals surface area (Å²) in [7, 11) is 0. The molecule has 0 fully saturated rings. The molecule has 0 radical (unpaired) electrons. The van der Waals surface area contributed by atoms with Crippen molar-refractivity contribution in [2.24, 2.45) is 4.99 Å². The van der Waals surface area contributed by atoms with E-state index in [2.05, 4.69) is 49.0 Å². The molecule has 0 saturated heterocycles.